The molecule has 0 nitrogen and oxygen atoms in total. The highest BCUT2D eigenvalue weighted by molar-refractivity contribution is 4.73. The molecule has 0 N–H and O–H groups in total. The van der Waals surface area contributed by atoms with Crippen LogP contribution in [0.25, 0.3) is 0 Å². The third-order valence-corrected chi connectivity index (χ3v) is 5.54. The van der Waals surface area contributed by atoms with E-state index in [-0.39, 0.29) is 0 Å². The molecule has 0 fully saturated rings. The van der Waals surface area contributed by atoms with Gasteiger partial charge in [0.25, 0.3) is 0 Å². The molecule has 28 heavy (non-hydrogen) atoms. The van der Waals surface area contributed by atoms with E-state index in [9.17, 15) is 0 Å². The van der Waals surface area contributed by atoms with E-state index in [1.165, 1.54) is 38.5 Å². The molecule has 0 aliphatic heterocycles. The lowest BCUT2D eigenvalue weighted by atomic mass is 9.76. The van der Waals surface area contributed by atoms with Gasteiger partial charge in [-0.3, -0.25) is 0 Å². The van der Waals surface area contributed by atoms with Gasteiger partial charge in [0.15, 0.2) is 0 Å². The fraction of sp³-hybridized carbons (Fsp3) is 1.00. The van der Waals surface area contributed by atoms with E-state index in [2.05, 4.69) is 90.0 Å². The second-order valence-electron chi connectivity index (χ2n) is 12.3. The molecule has 0 saturated heterocycles. The van der Waals surface area contributed by atoms with Crippen LogP contribution in [0.1, 0.15) is 156 Å². The lowest BCUT2D eigenvalue weighted by Gasteiger charge is -2.30. The average Bonchev–Trinajstić information content (AvgIpc) is 2.54. The number of hydrogen-bond donors (Lipinski definition) is 0. The first-order chi connectivity index (χ1) is 12.4. The molecule has 0 spiro atoms. The zero-order valence-corrected chi connectivity index (χ0v) is 23.8. The SMILES string of the molecule is CC.CC.CC(CCC(C)(C)C)C(C)(C)C.CCC(C)(C)CCCC(C)(C)C. The second kappa shape index (κ2) is 16.8. The first kappa shape index (κ1) is 35.4. The highest BCUT2D eigenvalue weighted by atomic mass is 14.3. The van der Waals surface area contributed by atoms with Crippen LogP contribution in [0, 0.1) is 27.6 Å². The van der Waals surface area contributed by atoms with Crippen molar-refractivity contribution in [2.45, 2.75) is 156 Å². The normalized spacial score (nSPS) is 13.2. The molecule has 1 atom stereocenters. The molecule has 0 amide bonds. The summed E-state index contributed by atoms with van der Waals surface area (Å²) in [5.41, 5.74) is 2.06. The van der Waals surface area contributed by atoms with Crippen LogP contribution in [0.15, 0.2) is 0 Å². The summed E-state index contributed by atoms with van der Waals surface area (Å²) in [4.78, 5) is 0. The lowest BCUT2D eigenvalue weighted by Crippen LogP contribution is -2.19. The summed E-state index contributed by atoms with van der Waals surface area (Å²) in [5.74, 6) is 0.830. The Morgan fingerprint density at radius 1 is 0.571 bits per heavy atom. The van der Waals surface area contributed by atoms with Crippen LogP contribution in [0.3, 0.4) is 0 Å². The fourth-order valence-electron chi connectivity index (χ4n) is 2.36. The van der Waals surface area contributed by atoms with Crippen LogP contribution in [-0.2, 0) is 0 Å². The van der Waals surface area contributed by atoms with Crippen molar-refractivity contribution in [3.05, 3.63) is 0 Å². The molecule has 0 saturated carbocycles. The smallest absolute Gasteiger partial charge is 0.0357 e. The third-order valence-electron chi connectivity index (χ3n) is 5.54. The molecule has 0 heterocycles. The Balaban J connectivity index is -0.000000174. The van der Waals surface area contributed by atoms with E-state index in [0.717, 1.165) is 5.92 Å². The lowest BCUT2D eigenvalue weighted by molar-refractivity contribution is 0.213. The Bertz CT molecular complexity index is 297. The van der Waals surface area contributed by atoms with Gasteiger partial charge in [0, 0.05) is 0 Å². The van der Waals surface area contributed by atoms with Gasteiger partial charge < -0.3 is 0 Å². The molecule has 1 unspecified atom stereocenters. The molecule has 0 aromatic rings. The summed E-state index contributed by atoms with van der Waals surface area (Å²) in [6.07, 6.45) is 8.11. The Morgan fingerprint density at radius 3 is 1.18 bits per heavy atom. The van der Waals surface area contributed by atoms with Crippen molar-refractivity contribution in [3.63, 3.8) is 0 Å². The van der Waals surface area contributed by atoms with E-state index in [1.807, 2.05) is 27.7 Å². The molecule has 0 aliphatic rings. The zero-order chi connectivity index (χ0) is 23.8. The summed E-state index contributed by atoms with van der Waals surface area (Å²) < 4.78 is 0. The summed E-state index contributed by atoms with van der Waals surface area (Å²) in [7, 11) is 0. The molecule has 0 aromatic carbocycles. The van der Waals surface area contributed by atoms with Crippen molar-refractivity contribution in [2.75, 3.05) is 0 Å². The standard InChI is InChI=1S/2C12H26.2C2H6/c1-10(12(5,6)7)8-9-11(2,3)4;1-7-12(5,6)10-8-9-11(2,3)4;2*1-2/h10H,8-9H2,1-7H3;7-10H2,1-6H3;2*1-2H3. The van der Waals surface area contributed by atoms with E-state index in [1.54, 1.807) is 0 Å². The van der Waals surface area contributed by atoms with Crippen LogP contribution in [-0.4, -0.2) is 0 Å². The summed E-state index contributed by atoms with van der Waals surface area (Å²) in [5, 5.41) is 0. The fourth-order valence-corrected chi connectivity index (χ4v) is 2.36. The van der Waals surface area contributed by atoms with Gasteiger partial charge in [-0.25, -0.2) is 0 Å². The molecule has 176 valence electrons. The molecule has 0 heteroatoms. The van der Waals surface area contributed by atoms with Crippen molar-refractivity contribution in [1.82, 2.24) is 0 Å². The van der Waals surface area contributed by atoms with E-state index in [4.69, 9.17) is 0 Å². The molecule has 0 rings (SSSR count). The van der Waals surface area contributed by atoms with Crippen molar-refractivity contribution >= 4 is 0 Å². The Hall–Kier alpha value is 0. The van der Waals surface area contributed by atoms with Crippen molar-refractivity contribution in [1.29, 1.82) is 0 Å². The van der Waals surface area contributed by atoms with Gasteiger partial charge in [-0.15, -0.1) is 0 Å². The second-order valence-corrected chi connectivity index (χ2v) is 12.3. The predicted molar refractivity (Wildman–Crippen MR) is 137 cm³/mol. The number of rotatable bonds is 6. The van der Waals surface area contributed by atoms with Gasteiger partial charge in [-0.1, -0.05) is 131 Å². The third kappa shape index (κ3) is 30.7. The first-order valence-corrected chi connectivity index (χ1v) is 12.4. The minimum atomic E-state index is 0.477. The molecular formula is C28H64. The highest BCUT2D eigenvalue weighted by Gasteiger charge is 2.21. The average molecular weight is 401 g/mol. The minimum absolute atomic E-state index is 0.477. The van der Waals surface area contributed by atoms with E-state index < -0.39 is 0 Å². The van der Waals surface area contributed by atoms with Crippen LogP contribution < -0.4 is 0 Å². The summed E-state index contributed by atoms with van der Waals surface area (Å²) >= 11 is 0. The maximum Gasteiger partial charge on any atom is -0.0357 e. The zero-order valence-electron chi connectivity index (χ0n) is 23.8. The van der Waals surface area contributed by atoms with Crippen molar-refractivity contribution in [3.8, 4) is 0 Å². The van der Waals surface area contributed by atoms with Crippen LogP contribution in [0.4, 0.5) is 0 Å². The van der Waals surface area contributed by atoms with Crippen LogP contribution in [0.5, 0.6) is 0 Å². The monoisotopic (exact) mass is 401 g/mol. The Labute approximate surface area is 184 Å². The quantitative estimate of drug-likeness (QED) is 0.415. The largest absolute Gasteiger partial charge is 0.0683 e. The Kier molecular flexibility index (Phi) is 21.2. The van der Waals surface area contributed by atoms with Gasteiger partial charge in [0.2, 0.25) is 0 Å². The number of hydrogen-bond acceptors (Lipinski definition) is 0. The molecule has 0 aliphatic carbocycles. The Morgan fingerprint density at radius 2 is 0.929 bits per heavy atom. The van der Waals surface area contributed by atoms with Gasteiger partial charge in [0.05, 0.1) is 0 Å². The highest BCUT2D eigenvalue weighted by Crippen LogP contribution is 2.33. The van der Waals surface area contributed by atoms with Gasteiger partial charge in [-0.2, -0.15) is 0 Å². The van der Waals surface area contributed by atoms with E-state index in [0.29, 0.717) is 21.7 Å². The van der Waals surface area contributed by atoms with Crippen molar-refractivity contribution in [2.24, 2.45) is 27.6 Å². The van der Waals surface area contributed by atoms with Crippen molar-refractivity contribution < 1.29 is 0 Å². The van der Waals surface area contributed by atoms with E-state index >= 15 is 0 Å². The molecular weight excluding hydrogens is 336 g/mol. The maximum atomic E-state index is 2.37. The predicted octanol–water partition coefficient (Wildman–Crippen LogP) is 11.2. The van der Waals surface area contributed by atoms with Gasteiger partial charge in [-0.05, 0) is 53.3 Å². The topological polar surface area (TPSA) is 0 Å². The summed E-state index contributed by atoms with van der Waals surface area (Å²) in [6, 6.07) is 0. The first-order valence-electron chi connectivity index (χ1n) is 12.4. The maximum absolute atomic E-state index is 2.37. The van der Waals surface area contributed by atoms with Crippen LogP contribution >= 0.6 is 0 Å². The molecule has 0 bridgehead atoms. The van der Waals surface area contributed by atoms with Gasteiger partial charge >= 0.3 is 0 Å². The summed E-state index contributed by atoms with van der Waals surface area (Å²) in [6.45, 7) is 38.3. The minimum Gasteiger partial charge on any atom is -0.0683 e. The molecule has 0 aromatic heterocycles. The van der Waals surface area contributed by atoms with Crippen LogP contribution in [0.2, 0.25) is 0 Å². The van der Waals surface area contributed by atoms with Gasteiger partial charge in [0.1, 0.15) is 0 Å². The molecule has 0 radical (unpaired) electrons.